The van der Waals surface area contributed by atoms with Gasteiger partial charge in [-0.3, -0.25) is 14.4 Å². The van der Waals surface area contributed by atoms with Crippen molar-refractivity contribution in [1.82, 2.24) is 24.9 Å². The van der Waals surface area contributed by atoms with E-state index in [-0.39, 0.29) is 11.7 Å². The van der Waals surface area contributed by atoms with Crippen LogP contribution in [0.15, 0.2) is 18.3 Å². The third-order valence-electron chi connectivity index (χ3n) is 5.86. The Hall–Kier alpha value is -2.87. The molecule has 0 saturated carbocycles. The van der Waals surface area contributed by atoms with Crippen molar-refractivity contribution >= 4 is 22.6 Å². The molecular weight excluding hydrogens is 383 g/mol. The van der Waals surface area contributed by atoms with Gasteiger partial charge in [-0.2, -0.15) is 5.10 Å². The van der Waals surface area contributed by atoms with E-state index in [2.05, 4.69) is 25.5 Å². The van der Waals surface area contributed by atoms with Crippen LogP contribution in [0.25, 0.3) is 22.0 Å². The standard InChI is InChI=1S/C22H27FN6O/c1-4-19(30)25-22-14(2)20-17(26-27-22)9-8-15(21(20)23)16-12-24-28(3)18(16)13-29-10-6-5-7-11-29/h8-9,12H,4-7,10-11,13H2,1-3H3,(H,25,27,30). The van der Waals surface area contributed by atoms with Crippen LogP contribution < -0.4 is 5.32 Å². The molecule has 1 aliphatic rings. The number of hydrogen-bond acceptors (Lipinski definition) is 5. The first kappa shape index (κ1) is 20.4. The van der Waals surface area contributed by atoms with Gasteiger partial charge in [-0.1, -0.05) is 13.3 Å². The highest BCUT2D eigenvalue weighted by Gasteiger charge is 2.21. The van der Waals surface area contributed by atoms with E-state index in [9.17, 15) is 4.79 Å². The van der Waals surface area contributed by atoms with Gasteiger partial charge in [0.25, 0.3) is 0 Å². The number of amides is 1. The summed E-state index contributed by atoms with van der Waals surface area (Å²) in [6, 6.07) is 3.52. The SMILES string of the molecule is CCC(=O)Nc1nnc2ccc(-c3cnn(C)c3CN3CCCCC3)c(F)c2c1C. The lowest BCUT2D eigenvalue weighted by atomic mass is 10.00. The summed E-state index contributed by atoms with van der Waals surface area (Å²) in [5, 5.41) is 15.7. The number of halogens is 1. The third-order valence-corrected chi connectivity index (χ3v) is 5.86. The van der Waals surface area contributed by atoms with Crippen molar-refractivity contribution in [2.75, 3.05) is 18.4 Å². The fourth-order valence-electron chi connectivity index (χ4n) is 4.06. The second-order valence-corrected chi connectivity index (χ2v) is 7.86. The van der Waals surface area contributed by atoms with E-state index in [1.165, 1.54) is 19.3 Å². The van der Waals surface area contributed by atoms with E-state index in [1.807, 2.05) is 11.7 Å². The van der Waals surface area contributed by atoms with E-state index >= 15 is 4.39 Å². The third kappa shape index (κ3) is 3.79. The topological polar surface area (TPSA) is 75.9 Å². The molecule has 0 aliphatic carbocycles. The predicted molar refractivity (Wildman–Crippen MR) is 114 cm³/mol. The summed E-state index contributed by atoms with van der Waals surface area (Å²) >= 11 is 0. The first-order chi connectivity index (χ1) is 14.5. The number of fused-ring (bicyclic) bond motifs is 1. The first-order valence-electron chi connectivity index (χ1n) is 10.5. The number of carbonyl (C=O) groups is 1. The van der Waals surface area contributed by atoms with Crippen molar-refractivity contribution in [1.29, 1.82) is 0 Å². The van der Waals surface area contributed by atoms with Crippen molar-refractivity contribution in [2.24, 2.45) is 7.05 Å². The Morgan fingerprint density at radius 2 is 1.93 bits per heavy atom. The number of likely N-dealkylation sites (tertiary alicyclic amines) is 1. The Bertz CT molecular complexity index is 1090. The zero-order valence-electron chi connectivity index (χ0n) is 17.7. The molecule has 3 heterocycles. The molecule has 1 aliphatic heterocycles. The zero-order chi connectivity index (χ0) is 21.3. The summed E-state index contributed by atoms with van der Waals surface area (Å²) < 4.78 is 17.6. The lowest BCUT2D eigenvalue weighted by molar-refractivity contribution is -0.115. The van der Waals surface area contributed by atoms with Crippen LogP contribution in [0.2, 0.25) is 0 Å². The van der Waals surface area contributed by atoms with Gasteiger partial charge in [0.15, 0.2) is 5.82 Å². The molecule has 0 radical (unpaired) electrons. The fraction of sp³-hybridized carbons (Fsp3) is 0.455. The van der Waals surface area contributed by atoms with Crippen molar-refractivity contribution < 1.29 is 9.18 Å². The molecule has 1 N–H and O–H groups in total. The van der Waals surface area contributed by atoms with Crippen molar-refractivity contribution in [3.05, 3.63) is 35.4 Å². The molecule has 7 nitrogen and oxygen atoms in total. The Labute approximate surface area is 175 Å². The van der Waals surface area contributed by atoms with E-state index in [0.717, 1.165) is 30.9 Å². The molecule has 158 valence electrons. The fourth-order valence-corrected chi connectivity index (χ4v) is 4.06. The van der Waals surface area contributed by atoms with Crippen LogP contribution >= 0.6 is 0 Å². The number of hydrogen-bond donors (Lipinski definition) is 1. The Morgan fingerprint density at radius 1 is 1.17 bits per heavy atom. The number of nitrogens with one attached hydrogen (secondary N) is 1. The van der Waals surface area contributed by atoms with Crippen LogP contribution in [0.5, 0.6) is 0 Å². The molecule has 30 heavy (non-hydrogen) atoms. The van der Waals surface area contributed by atoms with Gasteiger partial charge in [-0.25, -0.2) is 4.39 Å². The first-order valence-corrected chi connectivity index (χ1v) is 10.5. The van der Waals surface area contributed by atoms with Crippen LogP contribution in [0.4, 0.5) is 10.2 Å². The number of aromatic nitrogens is 4. The van der Waals surface area contributed by atoms with Crippen LogP contribution in [0, 0.1) is 12.7 Å². The maximum Gasteiger partial charge on any atom is 0.225 e. The molecule has 1 fully saturated rings. The molecular formula is C22H27FN6O. The van der Waals surface area contributed by atoms with Crippen molar-refractivity contribution in [3.8, 4) is 11.1 Å². The Kier molecular flexibility index (Phi) is 5.76. The van der Waals surface area contributed by atoms with Gasteiger partial charge in [-0.05, 0) is 45.0 Å². The van der Waals surface area contributed by atoms with Crippen LogP contribution in [0.1, 0.15) is 43.9 Å². The lowest BCUT2D eigenvalue weighted by Gasteiger charge is -2.26. The van der Waals surface area contributed by atoms with E-state index in [4.69, 9.17) is 0 Å². The van der Waals surface area contributed by atoms with E-state index in [0.29, 0.717) is 34.3 Å². The highest BCUT2D eigenvalue weighted by Crippen LogP contribution is 2.34. The average Bonchev–Trinajstić information content (AvgIpc) is 3.11. The molecule has 3 aromatic rings. The molecule has 1 aromatic carbocycles. The highest BCUT2D eigenvalue weighted by atomic mass is 19.1. The molecule has 1 amide bonds. The Balaban J connectivity index is 1.77. The van der Waals surface area contributed by atoms with Crippen molar-refractivity contribution in [3.63, 3.8) is 0 Å². The van der Waals surface area contributed by atoms with Crippen molar-refractivity contribution in [2.45, 2.75) is 46.1 Å². The predicted octanol–water partition coefficient (Wildman–Crippen LogP) is 3.81. The number of piperidine rings is 1. The van der Waals surface area contributed by atoms with Crippen LogP contribution in [-0.4, -0.2) is 43.9 Å². The van der Waals surface area contributed by atoms with Gasteiger partial charge in [-0.15, -0.1) is 10.2 Å². The molecule has 0 bridgehead atoms. The average molecular weight is 410 g/mol. The normalized spacial score (nSPS) is 14.9. The molecule has 8 heteroatoms. The molecule has 0 atom stereocenters. The van der Waals surface area contributed by atoms with Crippen LogP contribution in [0.3, 0.4) is 0 Å². The number of benzene rings is 1. The summed E-state index contributed by atoms with van der Waals surface area (Å²) in [6.07, 6.45) is 5.71. The largest absolute Gasteiger partial charge is 0.309 e. The monoisotopic (exact) mass is 410 g/mol. The summed E-state index contributed by atoms with van der Waals surface area (Å²) in [5.41, 5.74) is 3.31. The molecule has 2 aromatic heterocycles. The molecule has 1 saturated heterocycles. The van der Waals surface area contributed by atoms with E-state index in [1.54, 1.807) is 32.2 Å². The minimum atomic E-state index is -0.361. The maximum atomic E-state index is 15.8. The van der Waals surface area contributed by atoms with Gasteiger partial charge < -0.3 is 5.32 Å². The summed E-state index contributed by atoms with van der Waals surface area (Å²) in [7, 11) is 1.90. The summed E-state index contributed by atoms with van der Waals surface area (Å²) in [4.78, 5) is 14.2. The number of aryl methyl sites for hydroxylation is 2. The number of nitrogens with zero attached hydrogens (tertiary/aromatic N) is 5. The van der Waals surface area contributed by atoms with Gasteiger partial charge in [0.2, 0.25) is 5.91 Å². The second-order valence-electron chi connectivity index (χ2n) is 7.86. The highest BCUT2D eigenvalue weighted by molar-refractivity contribution is 5.95. The van der Waals surface area contributed by atoms with Gasteiger partial charge in [0.05, 0.1) is 17.4 Å². The minimum absolute atomic E-state index is 0.181. The van der Waals surface area contributed by atoms with Gasteiger partial charge in [0, 0.05) is 42.1 Å². The second kappa shape index (κ2) is 8.47. The summed E-state index contributed by atoms with van der Waals surface area (Å²) in [5.74, 6) is -0.246. The number of rotatable bonds is 5. The van der Waals surface area contributed by atoms with Gasteiger partial charge in [0.1, 0.15) is 5.82 Å². The molecule has 0 spiro atoms. The number of anilines is 1. The zero-order valence-corrected chi connectivity index (χ0v) is 17.7. The van der Waals surface area contributed by atoms with Crippen LogP contribution in [-0.2, 0) is 18.4 Å². The quantitative estimate of drug-likeness (QED) is 0.692. The number of carbonyl (C=O) groups excluding carboxylic acids is 1. The molecule has 4 rings (SSSR count). The smallest absolute Gasteiger partial charge is 0.225 e. The Morgan fingerprint density at radius 3 is 2.67 bits per heavy atom. The maximum absolute atomic E-state index is 15.8. The van der Waals surface area contributed by atoms with Gasteiger partial charge >= 0.3 is 0 Å². The lowest BCUT2D eigenvalue weighted by Crippen LogP contribution is -2.30. The minimum Gasteiger partial charge on any atom is -0.309 e. The van der Waals surface area contributed by atoms with E-state index < -0.39 is 0 Å². The molecule has 0 unspecified atom stereocenters. The summed E-state index contributed by atoms with van der Waals surface area (Å²) in [6.45, 7) is 6.37.